The third-order valence-corrected chi connectivity index (χ3v) is 5.14. The van der Waals surface area contributed by atoms with E-state index in [0.29, 0.717) is 12.1 Å². The molecule has 1 fully saturated rings. The standard InChI is InChI=1S/C20H23N3O3S/c24-19(16-5-2-1-3-6-16)22-18(15-17-7-4-14-27-17)20(25)21-8-9-23-10-12-26-13-11-23/h1-7,14-15H,8-13H2,(H,21,25)(H,22,24)/p+1/b18-15+. The van der Waals surface area contributed by atoms with E-state index in [1.165, 1.54) is 16.2 Å². The van der Waals surface area contributed by atoms with E-state index in [1.807, 2.05) is 23.6 Å². The van der Waals surface area contributed by atoms with Crippen molar-refractivity contribution in [1.82, 2.24) is 10.6 Å². The summed E-state index contributed by atoms with van der Waals surface area (Å²) in [4.78, 5) is 27.4. The van der Waals surface area contributed by atoms with E-state index in [1.54, 1.807) is 30.3 Å². The maximum Gasteiger partial charge on any atom is 0.268 e. The molecule has 7 heteroatoms. The first-order chi connectivity index (χ1) is 13.2. The molecular formula is C20H24N3O3S+. The summed E-state index contributed by atoms with van der Waals surface area (Å²) in [6.07, 6.45) is 1.71. The fraction of sp³-hybridized carbons (Fsp3) is 0.300. The van der Waals surface area contributed by atoms with Crippen molar-refractivity contribution in [1.29, 1.82) is 0 Å². The van der Waals surface area contributed by atoms with Crippen molar-refractivity contribution in [2.75, 3.05) is 39.4 Å². The molecule has 3 rings (SSSR count). The molecule has 1 aliphatic rings. The molecule has 1 aliphatic heterocycles. The first kappa shape index (κ1) is 19.3. The maximum absolute atomic E-state index is 12.7. The molecule has 2 amide bonds. The highest BCUT2D eigenvalue weighted by atomic mass is 32.1. The van der Waals surface area contributed by atoms with Crippen LogP contribution in [0.5, 0.6) is 0 Å². The summed E-state index contributed by atoms with van der Waals surface area (Å²) in [5.74, 6) is -0.576. The van der Waals surface area contributed by atoms with Gasteiger partial charge in [0.1, 0.15) is 18.8 Å². The van der Waals surface area contributed by atoms with Gasteiger partial charge in [0, 0.05) is 10.4 Å². The lowest BCUT2D eigenvalue weighted by molar-refractivity contribution is -0.906. The van der Waals surface area contributed by atoms with E-state index in [9.17, 15) is 9.59 Å². The molecule has 0 spiro atoms. The zero-order valence-corrected chi connectivity index (χ0v) is 15.9. The van der Waals surface area contributed by atoms with Gasteiger partial charge in [0.15, 0.2) is 0 Å². The highest BCUT2D eigenvalue weighted by molar-refractivity contribution is 7.10. The lowest BCUT2D eigenvalue weighted by Crippen LogP contribution is -3.14. The van der Waals surface area contributed by atoms with Gasteiger partial charge in [-0.15, -0.1) is 11.3 Å². The second-order valence-electron chi connectivity index (χ2n) is 6.26. The van der Waals surface area contributed by atoms with Gasteiger partial charge in [0.05, 0.1) is 26.3 Å². The van der Waals surface area contributed by atoms with Gasteiger partial charge in [-0.1, -0.05) is 24.3 Å². The summed E-state index contributed by atoms with van der Waals surface area (Å²) in [6, 6.07) is 12.7. The first-order valence-corrected chi connectivity index (χ1v) is 9.91. The van der Waals surface area contributed by atoms with E-state index in [-0.39, 0.29) is 17.5 Å². The maximum atomic E-state index is 12.7. The fourth-order valence-corrected chi connectivity index (χ4v) is 3.47. The molecule has 0 atom stereocenters. The Bertz CT molecular complexity index is 769. The number of rotatable bonds is 7. The van der Waals surface area contributed by atoms with Crippen LogP contribution in [0, 0.1) is 0 Å². The van der Waals surface area contributed by atoms with E-state index >= 15 is 0 Å². The molecule has 142 valence electrons. The zero-order valence-electron chi connectivity index (χ0n) is 15.1. The van der Waals surface area contributed by atoms with Crippen LogP contribution in [0.2, 0.25) is 0 Å². The second-order valence-corrected chi connectivity index (χ2v) is 7.24. The van der Waals surface area contributed by atoms with E-state index < -0.39 is 0 Å². The summed E-state index contributed by atoms with van der Waals surface area (Å²) in [7, 11) is 0. The highest BCUT2D eigenvalue weighted by Crippen LogP contribution is 2.13. The number of benzene rings is 1. The molecule has 1 aromatic carbocycles. The average Bonchev–Trinajstić information content (AvgIpc) is 3.22. The number of amides is 2. The Morgan fingerprint density at radius 1 is 1.11 bits per heavy atom. The average molecular weight is 386 g/mol. The molecule has 0 aliphatic carbocycles. The molecule has 1 saturated heterocycles. The Morgan fingerprint density at radius 3 is 2.59 bits per heavy atom. The van der Waals surface area contributed by atoms with Gasteiger partial charge in [-0.2, -0.15) is 0 Å². The molecule has 0 radical (unpaired) electrons. The van der Waals surface area contributed by atoms with Crippen LogP contribution in [0.15, 0.2) is 53.5 Å². The predicted molar refractivity (Wildman–Crippen MR) is 106 cm³/mol. The number of quaternary nitrogens is 1. The third kappa shape index (κ3) is 6.02. The van der Waals surface area contributed by atoms with Gasteiger partial charge in [0.2, 0.25) is 0 Å². The quantitative estimate of drug-likeness (QED) is 0.609. The fourth-order valence-electron chi connectivity index (χ4n) is 2.82. The Hall–Kier alpha value is -2.48. The van der Waals surface area contributed by atoms with Crippen LogP contribution < -0.4 is 15.5 Å². The molecular weight excluding hydrogens is 362 g/mol. The van der Waals surface area contributed by atoms with Crippen LogP contribution in [0.25, 0.3) is 6.08 Å². The van der Waals surface area contributed by atoms with Crippen LogP contribution in [-0.2, 0) is 9.53 Å². The largest absolute Gasteiger partial charge is 0.370 e. The van der Waals surface area contributed by atoms with Crippen molar-refractivity contribution in [3.63, 3.8) is 0 Å². The van der Waals surface area contributed by atoms with Crippen molar-refractivity contribution in [2.24, 2.45) is 0 Å². The van der Waals surface area contributed by atoms with E-state index in [0.717, 1.165) is 37.7 Å². The summed E-state index contributed by atoms with van der Waals surface area (Å²) in [5, 5.41) is 7.60. The van der Waals surface area contributed by atoms with Crippen LogP contribution in [-0.4, -0.2) is 51.2 Å². The smallest absolute Gasteiger partial charge is 0.268 e. The number of ether oxygens (including phenoxy) is 1. The lowest BCUT2D eigenvalue weighted by Gasteiger charge is -2.23. The number of carbonyl (C=O) groups is 2. The van der Waals surface area contributed by atoms with Gasteiger partial charge in [-0.25, -0.2) is 0 Å². The zero-order chi connectivity index (χ0) is 18.9. The van der Waals surface area contributed by atoms with Crippen LogP contribution >= 0.6 is 11.3 Å². The van der Waals surface area contributed by atoms with E-state index in [4.69, 9.17) is 4.74 Å². The van der Waals surface area contributed by atoms with Crippen molar-refractivity contribution in [3.05, 3.63) is 64.0 Å². The number of carbonyl (C=O) groups excluding carboxylic acids is 2. The predicted octanol–water partition coefficient (Wildman–Crippen LogP) is 0.550. The molecule has 2 aromatic rings. The number of morpholine rings is 1. The third-order valence-electron chi connectivity index (χ3n) is 4.32. The number of hydrogen-bond acceptors (Lipinski definition) is 4. The Labute approximate surface area is 162 Å². The van der Waals surface area contributed by atoms with E-state index in [2.05, 4.69) is 10.6 Å². The lowest BCUT2D eigenvalue weighted by atomic mass is 10.2. The highest BCUT2D eigenvalue weighted by Gasteiger charge is 2.17. The second kappa shape index (κ2) is 10.0. The van der Waals surface area contributed by atoms with Gasteiger partial charge in [-0.3, -0.25) is 9.59 Å². The monoisotopic (exact) mass is 386 g/mol. The van der Waals surface area contributed by atoms with Crippen molar-refractivity contribution in [2.45, 2.75) is 0 Å². The van der Waals surface area contributed by atoms with Crippen LogP contribution in [0.1, 0.15) is 15.2 Å². The molecule has 6 nitrogen and oxygen atoms in total. The molecule has 3 N–H and O–H groups in total. The van der Waals surface area contributed by atoms with Crippen LogP contribution in [0.3, 0.4) is 0 Å². The number of hydrogen-bond donors (Lipinski definition) is 3. The summed E-state index contributed by atoms with van der Waals surface area (Å²) in [6.45, 7) is 4.84. The van der Waals surface area contributed by atoms with Gasteiger partial charge in [0.25, 0.3) is 11.8 Å². The molecule has 2 heterocycles. The van der Waals surface area contributed by atoms with Crippen LogP contribution in [0.4, 0.5) is 0 Å². The first-order valence-electron chi connectivity index (χ1n) is 9.03. The molecule has 1 aromatic heterocycles. The minimum Gasteiger partial charge on any atom is -0.370 e. The molecule has 0 saturated carbocycles. The SMILES string of the molecule is O=C(NCC[NH+]1CCOCC1)/C(=C\c1cccs1)NC(=O)c1ccccc1. The normalized spacial score (nSPS) is 15.3. The van der Waals surface area contributed by atoms with Gasteiger partial charge in [-0.05, 0) is 29.7 Å². The minimum absolute atomic E-state index is 0.253. The minimum atomic E-state index is -0.299. The Kier molecular flexibility index (Phi) is 7.15. The number of thiophene rings is 1. The summed E-state index contributed by atoms with van der Waals surface area (Å²) >= 11 is 1.51. The Morgan fingerprint density at radius 2 is 1.89 bits per heavy atom. The molecule has 0 bridgehead atoms. The van der Waals surface area contributed by atoms with Gasteiger partial charge >= 0.3 is 0 Å². The number of nitrogens with one attached hydrogen (secondary N) is 3. The topological polar surface area (TPSA) is 71.9 Å². The van der Waals surface area contributed by atoms with Crippen molar-refractivity contribution >= 4 is 29.2 Å². The van der Waals surface area contributed by atoms with Crippen molar-refractivity contribution in [3.8, 4) is 0 Å². The Balaban J connectivity index is 1.62. The molecule has 27 heavy (non-hydrogen) atoms. The van der Waals surface area contributed by atoms with Gasteiger partial charge < -0.3 is 20.3 Å². The summed E-state index contributed by atoms with van der Waals surface area (Å²) < 4.78 is 5.35. The van der Waals surface area contributed by atoms with Crippen molar-refractivity contribution < 1.29 is 19.2 Å². The molecule has 0 unspecified atom stereocenters. The summed E-state index contributed by atoms with van der Waals surface area (Å²) in [5.41, 5.74) is 0.767.